The predicted molar refractivity (Wildman–Crippen MR) is 227 cm³/mol. The lowest BCUT2D eigenvalue weighted by Gasteiger charge is -2.54. The summed E-state index contributed by atoms with van der Waals surface area (Å²) >= 11 is 0. The highest BCUT2D eigenvalue weighted by molar-refractivity contribution is 6.28. The third-order valence-corrected chi connectivity index (χ3v) is 14.1. The van der Waals surface area contributed by atoms with Gasteiger partial charge in [0.05, 0.1) is 22.7 Å². The van der Waals surface area contributed by atoms with Crippen molar-refractivity contribution in [3.8, 4) is 22.8 Å². The summed E-state index contributed by atoms with van der Waals surface area (Å²) in [5, 5.41) is 10.3. The summed E-state index contributed by atoms with van der Waals surface area (Å²) in [6.07, 6.45) is 4.25. The minimum absolute atomic E-state index is 0.173. The molecule has 5 fully saturated rings. The Balaban J connectivity index is 0.678. The number of amides is 3. The minimum Gasteiger partial charge on any atom is -0.457 e. The van der Waals surface area contributed by atoms with Crippen LogP contribution in [0.4, 0.5) is 17.2 Å². The van der Waals surface area contributed by atoms with Gasteiger partial charge in [0, 0.05) is 79.8 Å². The fourth-order valence-electron chi connectivity index (χ4n) is 11.0. The van der Waals surface area contributed by atoms with Crippen molar-refractivity contribution in [1.82, 2.24) is 34.9 Å². The number of nitrogens with one attached hydrogen (secondary N) is 1. The number of anilines is 3. The lowest BCUT2D eigenvalue weighted by atomic mass is 9.96. The van der Waals surface area contributed by atoms with Crippen molar-refractivity contribution in [3.05, 3.63) is 96.8 Å². The number of imide groups is 1. The van der Waals surface area contributed by atoms with Crippen LogP contribution in [-0.4, -0.2) is 105 Å². The van der Waals surface area contributed by atoms with Gasteiger partial charge in [-0.2, -0.15) is 5.10 Å². The number of fused-ring (bicyclic) bond motifs is 2. The molecule has 12 rings (SSSR count). The Morgan fingerprint density at radius 3 is 2.20 bits per heavy atom. The number of hydrogen-bond donors (Lipinski definition) is 2. The van der Waals surface area contributed by atoms with Gasteiger partial charge in [-0.3, -0.25) is 34.4 Å². The molecule has 1 aliphatic carbocycles. The second-order valence-corrected chi connectivity index (χ2v) is 17.4. The first-order chi connectivity index (χ1) is 29.3. The van der Waals surface area contributed by atoms with E-state index in [0.717, 1.165) is 108 Å². The van der Waals surface area contributed by atoms with Crippen LogP contribution in [-0.2, 0) is 9.59 Å². The smallest absolute Gasteiger partial charge is 0.259 e. The third-order valence-electron chi connectivity index (χ3n) is 14.1. The summed E-state index contributed by atoms with van der Waals surface area (Å²) in [4.78, 5) is 56.7. The van der Waals surface area contributed by atoms with Crippen LogP contribution in [0.1, 0.15) is 42.1 Å². The summed E-state index contributed by atoms with van der Waals surface area (Å²) in [6.45, 7) is 6.33. The molecule has 60 heavy (non-hydrogen) atoms. The number of rotatable bonds is 8. The van der Waals surface area contributed by atoms with Crippen molar-refractivity contribution in [1.29, 1.82) is 0 Å². The number of piperidine rings is 1. The van der Waals surface area contributed by atoms with E-state index in [1.54, 1.807) is 11.2 Å². The number of likely N-dealkylation sites (tertiary alicyclic amines) is 2. The lowest BCUT2D eigenvalue weighted by Crippen LogP contribution is -2.69. The average Bonchev–Trinajstić information content (AvgIpc) is 3.98. The molecule has 1 saturated carbocycles. The Morgan fingerprint density at radius 2 is 1.43 bits per heavy atom. The average molecular weight is 801 g/mol. The van der Waals surface area contributed by atoms with Gasteiger partial charge in [-0.1, -0.05) is 30.3 Å². The quantitative estimate of drug-likeness (QED) is 0.194. The molecule has 6 aliphatic rings. The Labute approximate surface area is 345 Å². The fourth-order valence-corrected chi connectivity index (χ4v) is 11.0. The van der Waals surface area contributed by atoms with Crippen LogP contribution >= 0.6 is 0 Å². The summed E-state index contributed by atoms with van der Waals surface area (Å²) in [5.41, 5.74) is 11.5. The number of aromatic nitrogens is 4. The molecule has 3 N–H and O–H groups in total. The lowest BCUT2D eigenvalue weighted by molar-refractivity contribution is -0.134. The van der Waals surface area contributed by atoms with Gasteiger partial charge in [-0.15, -0.1) is 0 Å². The molecule has 302 valence electrons. The van der Waals surface area contributed by atoms with E-state index >= 15 is 0 Å². The first-order valence-electron chi connectivity index (χ1n) is 21.1. The maximum atomic E-state index is 13.6. The fraction of sp³-hybridized carbons (Fsp3) is 0.348. The highest BCUT2D eigenvalue weighted by Gasteiger charge is 2.48. The van der Waals surface area contributed by atoms with Crippen LogP contribution in [0.3, 0.4) is 0 Å². The maximum absolute atomic E-state index is 13.6. The number of para-hydroxylation sites is 1. The number of carbonyl (C=O) groups is 3. The van der Waals surface area contributed by atoms with Crippen LogP contribution < -0.4 is 25.6 Å². The molecule has 2 aromatic heterocycles. The molecule has 5 aliphatic heterocycles. The second kappa shape index (κ2) is 13.6. The predicted octanol–water partition coefficient (Wildman–Crippen LogP) is 5.24. The van der Waals surface area contributed by atoms with E-state index < -0.39 is 11.9 Å². The van der Waals surface area contributed by atoms with Crippen molar-refractivity contribution in [2.45, 2.75) is 49.9 Å². The van der Waals surface area contributed by atoms with Crippen molar-refractivity contribution in [2.24, 2.45) is 11.8 Å². The maximum Gasteiger partial charge on any atom is 0.259 e. The number of hydrogen-bond acceptors (Lipinski definition) is 11. The van der Waals surface area contributed by atoms with E-state index in [1.165, 1.54) is 0 Å². The van der Waals surface area contributed by atoms with Gasteiger partial charge in [0.2, 0.25) is 11.8 Å². The van der Waals surface area contributed by atoms with Gasteiger partial charge >= 0.3 is 0 Å². The first kappa shape index (κ1) is 35.6. The first-order valence-corrected chi connectivity index (χ1v) is 21.1. The van der Waals surface area contributed by atoms with Crippen LogP contribution in [0.15, 0.2) is 91.3 Å². The Bertz CT molecular complexity index is 2710. The van der Waals surface area contributed by atoms with Crippen LogP contribution in [0.2, 0.25) is 0 Å². The molecular weight excluding hydrogens is 757 g/mol. The van der Waals surface area contributed by atoms with Gasteiger partial charge in [-0.05, 0) is 85.7 Å². The highest BCUT2D eigenvalue weighted by atomic mass is 16.5. The molecule has 3 unspecified atom stereocenters. The highest BCUT2D eigenvalue weighted by Crippen LogP contribution is 2.48. The van der Waals surface area contributed by atoms with Crippen molar-refractivity contribution >= 4 is 56.7 Å². The zero-order valence-corrected chi connectivity index (χ0v) is 33.0. The van der Waals surface area contributed by atoms with Crippen LogP contribution in [0, 0.1) is 11.8 Å². The van der Waals surface area contributed by atoms with Crippen LogP contribution in [0.5, 0.6) is 11.5 Å². The van der Waals surface area contributed by atoms with E-state index in [4.69, 9.17) is 20.6 Å². The SMILES string of the molecule is Nc1ncnc2c1c(-c1ccc(Oc3ccccc3)cc1)nn2C1CC2CN(C3CN(C4CN(c5ccc6c7c(cccc57)N(C5CCC(=O)NC5=O)C6=O)C4)C3)CC2C1. The molecule has 6 aromatic rings. The molecule has 3 amide bonds. The molecule has 0 spiro atoms. The summed E-state index contributed by atoms with van der Waals surface area (Å²) in [5.74, 6) is 2.38. The number of nitrogens with zero attached hydrogens (tertiary/aromatic N) is 8. The van der Waals surface area contributed by atoms with Gasteiger partial charge in [-0.25, -0.2) is 14.6 Å². The van der Waals surface area contributed by atoms with E-state index in [-0.39, 0.29) is 24.3 Å². The number of carbonyl (C=O) groups excluding carboxylic acids is 3. The van der Waals surface area contributed by atoms with Gasteiger partial charge in [0.1, 0.15) is 35.4 Å². The third kappa shape index (κ3) is 5.60. The minimum atomic E-state index is -0.683. The zero-order chi connectivity index (χ0) is 40.2. The normalized spacial score (nSPS) is 24.6. The molecule has 0 radical (unpaired) electrons. The van der Waals surface area contributed by atoms with Crippen LogP contribution in [0.25, 0.3) is 33.1 Å². The Kier molecular flexibility index (Phi) is 8.05. The van der Waals surface area contributed by atoms with Gasteiger partial charge in [0.15, 0.2) is 5.65 Å². The molecule has 0 bridgehead atoms. The van der Waals surface area contributed by atoms with Crippen molar-refractivity contribution in [3.63, 3.8) is 0 Å². The van der Waals surface area contributed by atoms with Gasteiger partial charge < -0.3 is 15.4 Å². The van der Waals surface area contributed by atoms with E-state index in [9.17, 15) is 14.4 Å². The standard InChI is InChI=1S/C46H44N10O4/c47-43-41-42(26-9-11-33(12-10-26)60-32-5-2-1-3-6-32)51-56(44(41)49-25-48-43)29-17-27-19-52(20-28(27)18-29)30-21-53(22-30)31-23-54(24-31)36-14-13-35-40-34(36)7-4-8-37(40)55(46(35)59)38-15-16-39(57)50-45(38)58/h1-14,25,27-31,38H,15-24H2,(H2,47,48,49)(H,50,57,58). The molecular formula is C46H44N10O4. The number of ether oxygens (including phenoxy) is 1. The Hall–Kier alpha value is -6.38. The van der Waals surface area contributed by atoms with E-state index in [0.29, 0.717) is 41.7 Å². The van der Waals surface area contributed by atoms with Crippen molar-refractivity contribution in [2.75, 3.05) is 54.8 Å². The largest absolute Gasteiger partial charge is 0.457 e. The monoisotopic (exact) mass is 800 g/mol. The zero-order valence-electron chi connectivity index (χ0n) is 33.0. The number of nitrogens with two attached hydrogens (primary N) is 1. The van der Waals surface area contributed by atoms with Gasteiger partial charge in [0.25, 0.3) is 5.91 Å². The molecule has 14 heteroatoms. The second-order valence-electron chi connectivity index (χ2n) is 17.4. The van der Waals surface area contributed by atoms with Crippen molar-refractivity contribution < 1.29 is 19.1 Å². The summed E-state index contributed by atoms with van der Waals surface area (Å²) in [7, 11) is 0. The molecule has 7 heterocycles. The summed E-state index contributed by atoms with van der Waals surface area (Å²) in [6, 6.07) is 28.3. The Morgan fingerprint density at radius 1 is 0.700 bits per heavy atom. The topological polar surface area (TPSA) is 155 Å². The molecule has 14 nitrogen and oxygen atoms in total. The molecule has 3 atom stereocenters. The van der Waals surface area contributed by atoms with E-state index in [2.05, 4.69) is 41.8 Å². The molecule has 4 aromatic carbocycles. The number of benzene rings is 4. The number of nitrogen functional groups attached to an aromatic ring is 1. The summed E-state index contributed by atoms with van der Waals surface area (Å²) < 4.78 is 8.16. The van der Waals surface area contributed by atoms with E-state index in [1.807, 2.05) is 72.8 Å². The molecule has 4 saturated heterocycles.